The van der Waals surface area contributed by atoms with Gasteiger partial charge in [0, 0.05) is 21.5 Å². The predicted octanol–water partition coefficient (Wildman–Crippen LogP) is 1.58. The van der Waals surface area contributed by atoms with Gasteiger partial charge in [-0.05, 0) is 29.7 Å². The molecule has 128 valence electrons. The van der Waals surface area contributed by atoms with Crippen LogP contribution in [-0.4, -0.2) is 32.3 Å². The van der Waals surface area contributed by atoms with Crippen molar-refractivity contribution in [2.45, 2.75) is 0 Å². The van der Waals surface area contributed by atoms with E-state index in [0.717, 1.165) is 5.39 Å². The topological polar surface area (TPSA) is 112 Å². The zero-order chi connectivity index (χ0) is 18.3. The van der Waals surface area contributed by atoms with Crippen molar-refractivity contribution in [3.8, 4) is 22.8 Å². The van der Waals surface area contributed by atoms with Crippen molar-refractivity contribution in [2.75, 3.05) is 0 Å². The van der Waals surface area contributed by atoms with Crippen LogP contribution in [0.5, 0.6) is 0 Å². The van der Waals surface area contributed by atoms with E-state index in [4.69, 9.17) is 26.2 Å². The molecule has 2 aromatic carbocycles. The summed E-state index contributed by atoms with van der Waals surface area (Å²) in [5, 5.41) is 23.4. The highest BCUT2D eigenvalue weighted by atomic mass is 35.5. The molecule has 0 saturated heterocycles. The fourth-order valence-electron chi connectivity index (χ4n) is 2.59. The highest BCUT2D eigenvalue weighted by molar-refractivity contribution is 6.58. The number of aromatic amines is 1. The van der Waals surface area contributed by atoms with Crippen LogP contribution in [-0.2, 0) is 0 Å². The second-order valence-electron chi connectivity index (χ2n) is 5.66. The molecule has 0 bridgehead atoms. The predicted molar refractivity (Wildman–Crippen MR) is 98.1 cm³/mol. The van der Waals surface area contributed by atoms with E-state index < -0.39 is 7.12 Å². The van der Waals surface area contributed by atoms with Crippen molar-refractivity contribution in [3.05, 3.63) is 63.9 Å². The fraction of sp³-hybridized carbons (Fsp3) is 0. The van der Waals surface area contributed by atoms with Gasteiger partial charge in [0.15, 0.2) is 0 Å². The maximum absolute atomic E-state index is 12.3. The van der Waals surface area contributed by atoms with Crippen molar-refractivity contribution in [3.63, 3.8) is 0 Å². The molecule has 0 aliphatic carbocycles. The van der Waals surface area contributed by atoms with Gasteiger partial charge in [-0.15, -0.1) is 0 Å². The summed E-state index contributed by atoms with van der Waals surface area (Å²) in [5.41, 5.74) is 1.50. The van der Waals surface area contributed by atoms with E-state index in [0.29, 0.717) is 21.6 Å². The number of nitrogens with zero attached hydrogens (tertiary/aromatic N) is 2. The Kier molecular flexibility index (Phi) is 4.08. The SMILES string of the molecule is O=c1[nH]c2ccc(Cl)cc2cc1-c1nc(-c2ccc(B(O)O)cc2)no1. The Morgan fingerprint density at radius 2 is 1.85 bits per heavy atom. The summed E-state index contributed by atoms with van der Waals surface area (Å²) in [4.78, 5) is 19.3. The molecule has 0 unspecified atom stereocenters. The molecule has 0 saturated carbocycles. The van der Waals surface area contributed by atoms with Gasteiger partial charge >= 0.3 is 7.12 Å². The number of halogens is 1. The van der Waals surface area contributed by atoms with Gasteiger partial charge in [-0.3, -0.25) is 4.79 Å². The molecule has 9 heteroatoms. The highest BCUT2D eigenvalue weighted by Gasteiger charge is 2.16. The second-order valence-corrected chi connectivity index (χ2v) is 6.10. The Balaban J connectivity index is 1.75. The van der Waals surface area contributed by atoms with Gasteiger partial charge in [0.1, 0.15) is 5.56 Å². The Bertz CT molecular complexity index is 1150. The molecule has 0 spiro atoms. The minimum Gasteiger partial charge on any atom is -0.423 e. The molecule has 0 atom stereocenters. The summed E-state index contributed by atoms with van der Waals surface area (Å²) < 4.78 is 5.23. The van der Waals surface area contributed by atoms with Gasteiger partial charge in [0.2, 0.25) is 5.82 Å². The van der Waals surface area contributed by atoms with Crippen molar-refractivity contribution >= 4 is 35.1 Å². The van der Waals surface area contributed by atoms with Crippen LogP contribution in [0.4, 0.5) is 0 Å². The molecule has 7 nitrogen and oxygen atoms in total. The summed E-state index contributed by atoms with van der Waals surface area (Å²) in [6.07, 6.45) is 0. The van der Waals surface area contributed by atoms with Gasteiger partial charge in [-0.2, -0.15) is 4.98 Å². The van der Waals surface area contributed by atoms with Gasteiger partial charge in [-0.25, -0.2) is 0 Å². The molecular weight excluding hydrogens is 356 g/mol. The highest BCUT2D eigenvalue weighted by Crippen LogP contribution is 2.23. The number of aromatic nitrogens is 3. The normalized spacial score (nSPS) is 11.0. The Hall–Kier alpha value is -2.94. The number of hydrogen-bond acceptors (Lipinski definition) is 6. The molecule has 0 fully saturated rings. The van der Waals surface area contributed by atoms with Crippen LogP contribution < -0.4 is 11.0 Å². The molecule has 4 rings (SSSR count). The lowest BCUT2D eigenvalue weighted by Crippen LogP contribution is -2.29. The van der Waals surface area contributed by atoms with Crippen LogP contribution in [0.25, 0.3) is 33.7 Å². The summed E-state index contributed by atoms with van der Waals surface area (Å²) in [7, 11) is -1.55. The minimum absolute atomic E-state index is 0.0781. The largest absolute Gasteiger partial charge is 0.488 e. The number of benzene rings is 2. The molecule has 26 heavy (non-hydrogen) atoms. The fourth-order valence-corrected chi connectivity index (χ4v) is 2.77. The third kappa shape index (κ3) is 3.01. The quantitative estimate of drug-likeness (QED) is 0.474. The minimum atomic E-state index is -1.55. The van der Waals surface area contributed by atoms with Gasteiger partial charge in [-0.1, -0.05) is 41.0 Å². The number of H-pyrrole nitrogens is 1. The van der Waals surface area contributed by atoms with Gasteiger partial charge in [0.05, 0.1) is 0 Å². The number of rotatable bonds is 3. The first-order valence-electron chi connectivity index (χ1n) is 7.64. The summed E-state index contributed by atoms with van der Waals surface area (Å²) in [6.45, 7) is 0. The first-order valence-corrected chi connectivity index (χ1v) is 8.02. The first kappa shape index (κ1) is 16.5. The molecule has 2 aromatic heterocycles. The first-order chi connectivity index (χ1) is 12.5. The van der Waals surface area contributed by atoms with Crippen LogP contribution in [0, 0.1) is 0 Å². The Morgan fingerprint density at radius 3 is 2.58 bits per heavy atom. The molecule has 0 aliphatic heterocycles. The van der Waals surface area contributed by atoms with E-state index in [1.165, 1.54) is 0 Å². The summed E-state index contributed by atoms with van der Waals surface area (Å²) in [6, 6.07) is 13.1. The van der Waals surface area contributed by atoms with Crippen LogP contribution >= 0.6 is 11.6 Å². The van der Waals surface area contributed by atoms with Crippen LogP contribution in [0.2, 0.25) is 5.02 Å². The van der Waals surface area contributed by atoms with E-state index in [2.05, 4.69) is 15.1 Å². The van der Waals surface area contributed by atoms with E-state index >= 15 is 0 Å². The van der Waals surface area contributed by atoms with Crippen LogP contribution in [0.15, 0.2) is 57.8 Å². The number of fused-ring (bicyclic) bond motifs is 1. The number of hydrogen-bond donors (Lipinski definition) is 3. The Morgan fingerprint density at radius 1 is 1.08 bits per heavy atom. The van der Waals surface area contributed by atoms with E-state index in [9.17, 15) is 4.79 Å². The van der Waals surface area contributed by atoms with Crippen LogP contribution in [0.3, 0.4) is 0 Å². The van der Waals surface area contributed by atoms with Crippen molar-refractivity contribution < 1.29 is 14.6 Å². The van der Waals surface area contributed by atoms with Crippen molar-refractivity contribution in [1.82, 2.24) is 15.1 Å². The third-order valence-corrected chi connectivity index (χ3v) is 4.16. The summed E-state index contributed by atoms with van der Waals surface area (Å²) in [5.74, 6) is 0.360. The molecule has 2 heterocycles. The zero-order valence-corrected chi connectivity index (χ0v) is 13.9. The maximum atomic E-state index is 12.3. The second kappa shape index (κ2) is 6.42. The molecular formula is C17H11BClN3O4. The lowest BCUT2D eigenvalue weighted by atomic mass is 9.80. The third-order valence-electron chi connectivity index (χ3n) is 3.93. The summed E-state index contributed by atoms with van der Waals surface area (Å²) >= 11 is 6.00. The van der Waals surface area contributed by atoms with E-state index in [-0.39, 0.29) is 22.8 Å². The number of nitrogens with one attached hydrogen (secondary N) is 1. The lowest BCUT2D eigenvalue weighted by molar-refractivity contribution is 0.426. The molecule has 0 radical (unpaired) electrons. The Labute approximate surface area is 152 Å². The maximum Gasteiger partial charge on any atom is 0.488 e. The van der Waals surface area contributed by atoms with Gasteiger partial charge < -0.3 is 19.6 Å². The van der Waals surface area contributed by atoms with E-state index in [1.54, 1.807) is 48.5 Å². The average Bonchev–Trinajstić information content (AvgIpc) is 3.11. The average molecular weight is 368 g/mol. The lowest BCUT2D eigenvalue weighted by Gasteiger charge is -2.00. The van der Waals surface area contributed by atoms with E-state index in [1.807, 2.05) is 0 Å². The van der Waals surface area contributed by atoms with Crippen molar-refractivity contribution in [2.24, 2.45) is 0 Å². The van der Waals surface area contributed by atoms with Gasteiger partial charge in [0.25, 0.3) is 11.4 Å². The molecule has 0 amide bonds. The monoisotopic (exact) mass is 367 g/mol. The van der Waals surface area contributed by atoms with Crippen LogP contribution in [0.1, 0.15) is 0 Å². The molecule has 4 aromatic rings. The van der Waals surface area contributed by atoms with Crippen molar-refractivity contribution in [1.29, 1.82) is 0 Å². The molecule has 3 N–H and O–H groups in total. The zero-order valence-electron chi connectivity index (χ0n) is 13.2. The number of pyridine rings is 1. The standard InChI is InChI=1S/C17H11BClN3O4/c19-12-5-6-14-10(7-12)8-13(16(23)20-14)17-21-15(22-26-17)9-1-3-11(4-2-9)18(24)25/h1-8,24-25H,(H,20,23). The smallest absolute Gasteiger partial charge is 0.423 e. The molecule has 0 aliphatic rings.